The van der Waals surface area contributed by atoms with Crippen molar-refractivity contribution in [3.63, 3.8) is 0 Å². The van der Waals surface area contributed by atoms with Crippen molar-refractivity contribution in [2.75, 3.05) is 19.7 Å². The molecule has 1 unspecified atom stereocenters. The molecule has 1 saturated heterocycles. The average Bonchev–Trinajstić information content (AvgIpc) is 2.29. The molecule has 1 fully saturated rings. The fourth-order valence-corrected chi connectivity index (χ4v) is 1.57. The average molecular weight is 229 g/mol. The Morgan fingerprint density at radius 1 is 1.38 bits per heavy atom. The normalized spacial score (nSPS) is 18.9. The summed E-state index contributed by atoms with van der Waals surface area (Å²) in [4.78, 5) is 22.7. The predicted molar refractivity (Wildman–Crippen MR) is 58.2 cm³/mol. The molecule has 0 aliphatic carbocycles. The van der Waals surface area contributed by atoms with Gasteiger partial charge < -0.3 is 10.5 Å². The van der Waals surface area contributed by atoms with Crippen molar-refractivity contribution < 1.29 is 14.3 Å². The van der Waals surface area contributed by atoms with E-state index >= 15 is 0 Å². The summed E-state index contributed by atoms with van der Waals surface area (Å²) in [7, 11) is 0. The highest BCUT2D eigenvalue weighted by Crippen LogP contribution is 2.05. The van der Waals surface area contributed by atoms with E-state index in [1.54, 1.807) is 11.9 Å². The first kappa shape index (κ1) is 12.9. The van der Waals surface area contributed by atoms with E-state index < -0.39 is 17.9 Å². The van der Waals surface area contributed by atoms with E-state index in [1.807, 2.05) is 0 Å². The lowest BCUT2D eigenvalue weighted by atomic mass is 10.2. The number of hydrogen-bond acceptors (Lipinski definition) is 5. The molecule has 3 N–H and O–H groups in total. The third-order valence-corrected chi connectivity index (χ3v) is 2.45. The molecule has 6 nitrogen and oxygen atoms in total. The SMILES string of the molecule is CCOC(=O)C(N)C(=O)NN1CCCCC1. The number of esters is 1. The molecule has 0 aromatic carbocycles. The van der Waals surface area contributed by atoms with E-state index in [9.17, 15) is 9.59 Å². The van der Waals surface area contributed by atoms with Crippen LogP contribution in [-0.2, 0) is 14.3 Å². The van der Waals surface area contributed by atoms with E-state index in [1.165, 1.54) is 6.42 Å². The van der Waals surface area contributed by atoms with E-state index in [0.717, 1.165) is 25.9 Å². The highest BCUT2D eigenvalue weighted by molar-refractivity contribution is 6.01. The second-order valence-corrected chi connectivity index (χ2v) is 3.75. The van der Waals surface area contributed by atoms with Crippen molar-refractivity contribution in [2.24, 2.45) is 5.73 Å². The van der Waals surface area contributed by atoms with Gasteiger partial charge in [-0.05, 0) is 19.8 Å². The van der Waals surface area contributed by atoms with Crippen molar-refractivity contribution in [1.82, 2.24) is 10.4 Å². The van der Waals surface area contributed by atoms with Gasteiger partial charge in [0, 0.05) is 13.1 Å². The number of carbonyl (C=O) groups is 2. The maximum Gasteiger partial charge on any atom is 0.332 e. The molecule has 1 heterocycles. The van der Waals surface area contributed by atoms with Gasteiger partial charge in [0.05, 0.1) is 6.61 Å². The molecule has 0 saturated carbocycles. The minimum Gasteiger partial charge on any atom is -0.464 e. The minimum absolute atomic E-state index is 0.226. The monoisotopic (exact) mass is 229 g/mol. The summed E-state index contributed by atoms with van der Waals surface area (Å²) < 4.78 is 4.67. The number of hydrazine groups is 1. The summed E-state index contributed by atoms with van der Waals surface area (Å²) in [6.07, 6.45) is 3.28. The standard InChI is InChI=1S/C10H19N3O3/c1-2-16-10(15)8(11)9(14)12-13-6-4-3-5-7-13/h8H,2-7,11H2,1H3,(H,12,14). The molecule has 1 aliphatic rings. The first-order chi connectivity index (χ1) is 7.65. The van der Waals surface area contributed by atoms with Gasteiger partial charge in [-0.15, -0.1) is 0 Å². The third-order valence-electron chi connectivity index (χ3n) is 2.45. The zero-order valence-electron chi connectivity index (χ0n) is 9.57. The third kappa shape index (κ3) is 3.79. The summed E-state index contributed by atoms with van der Waals surface area (Å²) in [5, 5.41) is 1.80. The Balaban J connectivity index is 2.35. The number of nitrogens with one attached hydrogen (secondary N) is 1. The van der Waals surface area contributed by atoms with Gasteiger partial charge in [0.1, 0.15) is 0 Å². The number of piperidine rings is 1. The molecule has 92 valence electrons. The molecule has 1 aliphatic heterocycles. The molecular formula is C10H19N3O3. The second-order valence-electron chi connectivity index (χ2n) is 3.75. The quantitative estimate of drug-likeness (QED) is 0.496. The van der Waals surface area contributed by atoms with Gasteiger partial charge in [0.15, 0.2) is 6.04 Å². The summed E-state index contributed by atoms with van der Waals surface area (Å²) in [5.74, 6) is -1.18. The second kappa shape index (κ2) is 6.44. The van der Waals surface area contributed by atoms with Gasteiger partial charge in [-0.3, -0.25) is 10.2 Å². The number of amides is 1. The lowest BCUT2D eigenvalue weighted by Gasteiger charge is -2.27. The van der Waals surface area contributed by atoms with Crippen molar-refractivity contribution in [3.8, 4) is 0 Å². The van der Waals surface area contributed by atoms with E-state index in [-0.39, 0.29) is 6.61 Å². The maximum atomic E-state index is 11.5. The molecule has 0 aromatic heterocycles. The Morgan fingerprint density at radius 3 is 2.56 bits per heavy atom. The molecule has 0 bridgehead atoms. The van der Waals surface area contributed by atoms with Crippen molar-refractivity contribution in [3.05, 3.63) is 0 Å². The molecule has 1 rings (SSSR count). The Morgan fingerprint density at radius 2 is 2.00 bits per heavy atom. The van der Waals surface area contributed by atoms with Crippen LogP contribution < -0.4 is 11.2 Å². The molecular weight excluding hydrogens is 210 g/mol. The molecule has 16 heavy (non-hydrogen) atoms. The van der Waals surface area contributed by atoms with Crippen LogP contribution in [0.4, 0.5) is 0 Å². The van der Waals surface area contributed by atoms with Crippen LogP contribution in [0.5, 0.6) is 0 Å². The number of rotatable bonds is 4. The topological polar surface area (TPSA) is 84.7 Å². The largest absolute Gasteiger partial charge is 0.464 e. The van der Waals surface area contributed by atoms with Crippen molar-refractivity contribution in [2.45, 2.75) is 32.2 Å². The van der Waals surface area contributed by atoms with Crippen LogP contribution in [0.1, 0.15) is 26.2 Å². The van der Waals surface area contributed by atoms with E-state index in [0.29, 0.717) is 0 Å². The first-order valence-electron chi connectivity index (χ1n) is 5.62. The Bertz CT molecular complexity index is 252. The molecule has 0 spiro atoms. The van der Waals surface area contributed by atoms with Gasteiger partial charge in [0.2, 0.25) is 0 Å². The zero-order chi connectivity index (χ0) is 12.0. The van der Waals surface area contributed by atoms with Crippen LogP contribution in [0.2, 0.25) is 0 Å². The summed E-state index contributed by atoms with van der Waals surface area (Å²) in [6.45, 7) is 3.51. The van der Waals surface area contributed by atoms with Crippen molar-refractivity contribution in [1.29, 1.82) is 0 Å². The number of nitrogens with zero attached hydrogens (tertiary/aromatic N) is 1. The van der Waals surface area contributed by atoms with E-state index in [4.69, 9.17) is 5.73 Å². The Hall–Kier alpha value is -1.14. The first-order valence-corrected chi connectivity index (χ1v) is 5.62. The zero-order valence-corrected chi connectivity index (χ0v) is 9.57. The minimum atomic E-state index is -1.23. The van der Waals surface area contributed by atoms with Crippen molar-refractivity contribution >= 4 is 11.9 Å². The van der Waals surface area contributed by atoms with Gasteiger partial charge in [0.25, 0.3) is 5.91 Å². The highest BCUT2D eigenvalue weighted by Gasteiger charge is 2.25. The van der Waals surface area contributed by atoms with Crippen LogP contribution in [0.3, 0.4) is 0 Å². The van der Waals surface area contributed by atoms with E-state index in [2.05, 4.69) is 10.2 Å². The highest BCUT2D eigenvalue weighted by atomic mass is 16.5. The number of hydrogen-bond donors (Lipinski definition) is 2. The summed E-state index contributed by atoms with van der Waals surface area (Å²) >= 11 is 0. The lowest BCUT2D eigenvalue weighted by molar-refractivity contribution is -0.149. The van der Waals surface area contributed by atoms with Gasteiger partial charge in [-0.25, -0.2) is 9.80 Å². The Kier molecular flexibility index (Phi) is 5.21. The number of carbonyl (C=O) groups excluding carboxylic acids is 2. The fraction of sp³-hybridized carbons (Fsp3) is 0.800. The molecule has 1 atom stereocenters. The van der Waals surface area contributed by atoms with Crippen LogP contribution in [-0.4, -0.2) is 42.6 Å². The predicted octanol–water partition coefficient (Wildman–Crippen LogP) is -0.606. The van der Waals surface area contributed by atoms with Gasteiger partial charge in [-0.1, -0.05) is 6.42 Å². The van der Waals surface area contributed by atoms with Crippen LogP contribution in [0.25, 0.3) is 0 Å². The molecule has 0 radical (unpaired) electrons. The van der Waals surface area contributed by atoms with Gasteiger partial charge >= 0.3 is 5.97 Å². The van der Waals surface area contributed by atoms with Crippen LogP contribution >= 0.6 is 0 Å². The van der Waals surface area contributed by atoms with Gasteiger partial charge in [-0.2, -0.15) is 0 Å². The molecule has 0 aromatic rings. The smallest absolute Gasteiger partial charge is 0.332 e. The molecule has 6 heteroatoms. The Labute approximate surface area is 95.1 Å². The van der Waals surface area contributed by atoms with Crippen LogP contribution in [0, 0.1) is 0 Å². The summed E-state index contributed by atoms with van der Waals surface area (Å²) in [5.41, 5.74) is 8.08. The number of nitrogens with two attached hydrogens (primary N) is 1. The van der Waals surface area contributed by atoms with Crippen LogP contribution in [0.15, 0.2) is 0 Å². The maximum absolute atomic E-state index is 11.5. The number of ether oxygens (including phenoxy) is 1. The molecule has 1 amide bonds. The fourth-order valence-electron chi connectivity index (χ4n) is 1.57. The summed E-state index contributed by atoms with van der Waals surface area (Å²) in [6, 6.07) is -1.23. The lowest BCUT2D eigenvalue weighted by Crippen LogP contribution is -2.54.